The number of aliphatic hydroxyl groups excluding tert-OH is 1. The standard InChI is InChI=1S/C25H28F2N2O4.C25H29FN2O5.C25H29FN2O4.C25H27FN2O4/c1-15-10-21(26)17(11-23(15)32-3)12-24(30)29-8-6-28(7-9-29)13-22(27)18-4-5-19-20(16(18)2)14-33-25(19)31;1-15-10-21(26)17(11-23(15)32-3)12-24(30)28-8-6-27(7-9-28)13-22(29)18-4-5-19-20(16(18)2)14-33-25(19)31;2*1-17-13-22(26)20(15-23(17)31-2)16-24(29)28-10-8-27(9-11-28)7-5-18-3-4-21-19(14-18)6-12-32-25(21)30/h4-5,10-11,22H,6-9,12-14H2,1-3H3;4-5,10-11,22,29H,6-9,12-14H2,1-3H3;3-4,13-15H,5-12,16H2,1-2H3;3-4,6,12-15H,5,7-11,16H2,1-2H3. The number of rotatable bonds is 24. The number of benzene rings is 8. The molecule has 16 rings (SSSR count). The van der Waals surface area contributed by atoms with Gasteiger partial charge in [0.25, 0.3) is 0 Å². The van der Waals surface area contributed by atoms with Crippen molar-refractivity contribution in [1.82, 2.24) is 39.2 Å². The van der Waals surface area contributed by atoms with Gasteiger partial charge in [-0.3, -0.25) is 38.8 Å². The van der Waals surface area contributed by atoms with Gasteiger partial charge in [0, 0.05) is 171 Å². The Kier molecular flexibility index (Phi) is 32.0. The van der Waals surface area contributed by atoms with Gasteiger partial charge < -0.3 is 62.3 Å². The topological polar surface area (TPSA) is 260 Å². The molecular formula is C100H113F5N8O17. The Labute approximate surface area is 753 Å². The number of aryl methyl sites for hydroxylation is 4. The van der Waals surface area contributed by atoms with Gasteiger partial charge in [-0.1, -0.05) is 36.4 Å². The lowest BCUT2D eigenvalue weighted by molar-refractivity contribution is -0.133. The number of aliphatic hydroxyl groups is 1. The molecule has 4 amide bonds. The van der Waals surface area contributed by atoms with Crippen molar-refractivity contribution < 1.29 is 98.2 Å². The second-order valence-corrected chi connectivity index (χ2v) is 33.9. The number of hydrogen-bond acceptors (Lipinski definition) is 21. The summed E-state index contributed by atoms with van der Waals surface area (Å²) < 4.78 is 113. The largest absolute Gasteiger partial charge is 0.496 e. The lowest BCUT2D eigenvalue weighted by Crippen LogP contribution is -2.50. The molecule has 130 heavy (non-hydrogen) atoms. The summed E-state index contributed by atoms with van der Waals surface area (Å²) in [4.78, 5) is 114. The van der Waals surface area contributed by atoms with E-state index in [4.69, 9.17) is 37.6 Å². The molecule has 9 aromatic rings. The predicted octanol–water partition coefficient (Wildman–Crippen LogP) is 12.0. The number of fused-ring (bicyclic) bond motifs is 4. The summed E-state index contributed by atoms with van der Waals surface area (Å²) in [5.41, 5.74) is 13.6. The van der Waals surface area contributed by atoms with Crippen LogP contribution >= 0.6 is 0 Å². The number of piperazine rings is 4. The summed E-state index contributed by atoms with van der Waals surface area (Å²) in [6.07, 6.45) is 2.05. The Morgan fingerprint density at radius 1 is 0.408 bits per heavy atom. The van der Waals surface area contributed by atoms with E-state index in [1.54, 1.807) is 111 Å². The van der Waals surface area contributed by atoms with Gasteiger partial charge in [-0.15, -0.1) is 0 Å². The van der Waals surface area contributed by atoms with Crippen molar-refractivity contribution in [2.24, 2.45) is 0 Å². The molecule has 25 nitrogen and oxygen atoms in total. The molecule has 690 valence electrons. The van der Waals surface area contributed by atoms with Crippen LogP contribution < -0.4 is 24.6 Å². The zero-order valence-corrected chi connectivity index (χ0v) is 75.4. The first-order valence-corrected chi connectivity index (χ1v) is 44.0. The van der Waals surface area contributed by atoms with E-state index in [9.17, 15) is 61.0 Å². The smallest absolute Gasteiger partial charge is 0.343 e. The molecule has 4 saturated heterocycles. The van der Waals surface area contributed by atoms with Crippen molar-refractivity contribution >= 4 is 52.3 Å². The molecule has 7 aliphatic rings. The lowest BCUT2D eigenvalue weighted by atomic mass is 9.95. The number of β-amino-alcohol motifs (C(OH)–C–C–N with tert-alkyl or cyclic N) is 1. The molecule has 8 aromatic carbocycles. The number of hydrogen-bond donors (Lipinski definition) is 1. The molecule has 0 saturated carbocycles. The molecule has 8 heterocycles. The molecule has 7 aliphatic heterocycles. The van der Waals surface area contributed by atoms with Crippen LogP contribution in [0.25, 0.3) is 10.8 Å². The number of esters is 3. The van der Waals surface area contributed by atoms with Crippen LogP contribution in [0.3, 0.4) is 0 Å². The molecule has 0 bridgehead atoms. The maximum absolute atomic E-state index is 15.1. The number of carbonyl (C=O) groups is 7. The third kappa shape index (κ3) is 23.4. The third-order valence-corrected chi connectivity index (χ3v) is 25.7. The van der Waals surface area contributed by atoms with Gasteiger partial charge in [-0.25, -0.2) is 41.1 Å². The van der Waals surface area contributed by atoms with Crippen LogP contribution in [0.15, 0.2) is 131 Å². The van der Waals surface area contributed by atoms with E-state index >= 15 is 4.39 Å². The van der Waals surface area contributed by atoms with Crippen molar-refractivity contribution in [3.05, 3.63) is 266 Å². The lowest BCUT2D eigenvalue weighted by Gasteiger charge is -2.36. The molecule has 0 aliphatic carbocycles. The van der Waals surface area contributed by atoms with Crippen molar-refractivity contribution in [3.63, 3.8) is 0 Å². The zero-order chi connectivity index (χ0) is 92.7. The Balaban J connectivity index is 0.000000148. The molecule has 0 radical (unpaired) electrons. The first-order valence-electron chi connectivity index (χ1n) is 44.0. The first kappa shape index (κ1) is 95.5. The number of methoxy groups -OCH3 is 4. The summed E-state index contributed by atoms with van der Waals surface area (Å²) in [5, 5.41) is 12.3. The monoisotopic (exact) mass is 1790 g/mol. The number of ether oxygens (including phenoxy) is 7. The molecule has 4 fully saturated rings. The molecule has 1 aromatic heterocycles. The highest BCUT2D eigenvalue weighted by Crippen LogP contribution is 2.35. The van der Waals surface area contributed by atoms with Crippen molar-refractivity contribution in [2.75, 3.05) is 166 Å². The summed E-state index contributed by atoms with van der Waals surface area (Å²) >= 11 is 0. The molecule has 1 N–H and O–H groups in total. The molecular weight excluding hydrogens is 1680 g/mol. The van der Waals surface area contributed by atoms with Crippen LogP contribution in [0, 0.1) is 64.8 Å². The van der Waals surface area contributed by atoms with Crippen molar-refractivity contribution in [2.45, 2.75) is 112 Å². The van der Waals surface area contributed by atoms with Crippen LogP contribution in [-0.2, 0) is 91.5 Å². The highest BCUT2D eigenvalue weighted by atomic mass is 19.1. The maximum atomic E-state index is 15.1. The van der Waals surface area contributed by atoms with E-state index < -0.39 is 23.9 Å². The van der Waals surface area contributed by atoms with Gasteiger partial charge in [0.1, 0.15) is 65.7 Å². The second kappa shape index (κ2) is 43.6. The minimum atomic E-state index is -1.21. The SMILES string of the molecule is COc1cc(CC(=O)N2CCN(CC(F)c3ccc4c(c3C)COC4=O)CC2)c(F)cc1C.COc1cc(CC(=O)N2CCN(CC(O)c3ccc4c(c3C)COC4=O)CC2)c(F)cc1C.COc1cc(CC(=O)N2CCN(CCc3ccc4c(=O)occc4c3)CC2)c(F)cc1C.COc1cc(CC(=O)N2CCN(CCc3ccc4c(c3)CCOC4=O)CC2)c(F)cc1C. The summed E-state index contributed by atoms with van der Waals surface area (Å²) in [5.74, 6) is -0.581. The minimum Gasteiger partial charge on any atom is -0.496 e. The summed E-state index contributed by atoms with van der Waals surface area (Å²) in [7, 11) is 6.13. The van der Waals surface area contributed by atoms with E-state index in [-0.39, 0.29) is 104 Å². The Morgan fingerprint density at radius 3 is 1.17 bits per heavy atom. The second-order valence-electron chi connectivity index (χ2n) is 33.9. The van der Waals surface area contributed by atoms with E-state index in [0.29, 0.717) is 187 Å². The third-order valence-electron chi connectivity index (χ3n) is 25.7. The van der Waals surface area contributed by atoms with E-state index in [1.165, 1.54) is 50.3 Å². The van der Waals surface area contributed by atoms with Crippen LogP contribution in [0.1, 0.15) is 138 Å². The number of cyclic esters (lactones) is 3. The number of halogens is 5. The van der Waals surface area contributed by atoms with Crippen LogP contribution in [0.4, 0.5) is 22.0 Å². The quantitative estimate of drug-likeness (QED) is 0.0335. The fourth-order valence-electron chi connectivity index (χ4n) is 17.6. The zero-order valence-electron chi connectivity index (χ0n) is 75.4. The van der Waals surface area contributed by atoms with Gasteiger partial charge >= 0.3 is 23.5 Å². The van der Waals surface area contributed by atoms with E-state index in [0.717, 1.165) is 103 Å². The maximum Gasteiger partial charge on any atom is 0.343 e. The van der Waals surface area contributed by atoms with Gasteiger partial charge in [-0.2, -0.15) is 0 Å². The highest BCUT2D eigenvalue weighted by molar-refractivity contribution is 5.95. The van der Waals surface area contributed by atoms with Crippen LogP contribution in [-0.4, -0.2) is 252 Å². The Bertz CT molecular complexity index is 5570. The van der Waals surface area contributed by atoms with Gasteiger partial charge in [0.05, 0.1) is 95.2 Å². The van der Waals surface area contributed by atoms with Crippen LogP contribution in [0.5, 0.6) is 23.0 Å². The highest BCUT2D eigenvalue weighted by Gasteiger charge is 2.34. The van der Waals surface area contributed by atoms with E-state index in [1.807, 2.05) is 54.0 Å². The number of amides is 4. The van der Waals surface area contributed by atoms with Gasteiger partial charge in [0.15, 0.2) is 0 Å². The van der Waals surface area contributed by atoms with Gasteiger partial charge in [0.2, 0.25) is 23.6 Å². The average molecular weight is 1790 g/mol. The Hall–Kier alpha value is -12.1. The summed E-state index contributed by atoms with van der Waals surface area (Å²) in [6.45, 7) is 24.0. The fraction of sp³-hybridized carbons (Fsp3) is 0.420. The minimum absolute atomic E-state index is 0.0137. The number of carbonyl (C=O) groups excluding carboxylic acids is 7. The summed E-state index contributed by atoms with van der Waals surface area (Å²) in [6, 6.07) is 32.4. The Morgan fingerprint density at radius 2 is 0.762 bits per heavy atom. The van der Waals surface area contributed by atoms with Gasteiger partial charge in [-0.05, 0) is 200 Å². The van der Waals surface area contributed by atoms with Crippen molar-refractivity contribution in [1.29, 1.82) is 0 Å². The predicted molar refractivity (Wildman–Crippen MR) is 477 cm³/mol. The number of alkyl halides is 1. The molecule has 2 unspecified atom stereocenters. The van der Waals surface area contributed by atoms with Crippen LogP contribution in [0.2, 0.25) is 0 Å². The average Bonchev–Trinajstić information content (AvgIpc) is 1.64. The molecule has 2 atom stereocenters. The first-order chi connectivity index (χ1) is 62.4. The van der Waals surface area contributed by atoms with Crippen molar-refractivity contribution in [3.8, 4) is 23.0 Å². The normalized spacial score (nSPS) is 16.3. The van der Waals surface area contributed by atoms with E-state index in [2.05, 4.69) is 20.8 Å². The molecule has 0 spiro atoms. The molecule has 30 heteroatoms. The fourth-order valence-corrected chi connectivity index (χ4v) is 17.6. The number of nitrogens with zero attached hydrogens (tertiary/aromatic N) is 8.